The second-order valence-corrected chi connectivity index (χ2v) is 3.76. The first-order valence-corrected chi connectivity index (χ1v) is 5.31. The number of hydrogen-bond donors (Lipinski definition) is 2. The zero-order valence-electron chi connectivity index (χ0n) is 9.26. The van der Waals surface area contributed by atoms with E-state index < -0.39 is 0 Å². The molecule has 1 aromatic rings. The predicted octanol–water partition coefficient (Wildman–Crippen LogP) is 0.929. The summed E-state index contributed by atoms with van der Waals surface area (Å²) in [5, 5.41) is 6.05. The summed E-state index contributed by atoms with van der Waals surface area (Å²) in [7, 11) is 0. The SMILES string of the molecule is CC#CC(=O)NCc1ccc2c(c1)CNC2. The molecule has 1 aromatic carbocycles. The molecule has 16 heavy (non-hydrogen) atoms. The van der Waals surface area contributed by atoms with Crippen LogP contribution in [0.15, 0.2) is 18.2 Å². The summed E-state index contributed by atoms with van der Waals surface area (Å²) >= 11 is 0. The highest BCUT2D eigenvalue weighted by Crippen LogP contribution is 2.16. The van der Waals surface area contributed by atoms with Gasteiger partial charge in [-0.3, -0.25) is 4.79 Å². The van der Waals surface area contributed by atoms with Gasteiger partial charge in [0.15, 0.2) is 0 Å². The molecule has 1 amide bonds. The van der Waals surface area contributed by atoms with E-state index in [0.29, 0.717) is 6.54 Å². The van der Waals surface area contributed by atoms with Crippen LogP contribution < -0.4 is 10.6 Å². The molecular weight excluding hydrogens is 200 g/mol. The van der Waals surface area contributed by atoms with Crippen LogP contribution in [-0.4, -0.2) is 5.91 Å². The third-order valence-electron chi connectivity index (χ3n) is 2.59. The maximum atomic E-state index is 11.2. The van der Waals surface area contributed by atoms with Gasteiger partial charge >= 0.3 is 0 Å². The number of benzene rings is 1. The molecule has 0 aliphatic carbocycles. The monoisotopic (exact) mass is 214 g/mol. The van der Waals surface area contributed by atoms with Crippen LogP contribution in [0.25, 0.3) is 0 Å². The summed E-state index contributed by atoms with van der Waals surface area (Å²) in [5.41, 5.74) is 3.80. The molecule has 1 heterocycles. The summed E-state index contributed by atoms with van der Waals surface area (Å²) in [6.07, 6.45) is 0. The van der Waals surface area contributed by atoms with Crippen LogP contribution in [0.2, 0.25) is 0 Å². The molecule has 0 spiro atoms. The summed E-state index contributed by atoms with van der Waals surface area (Å²) in [5.74, 6) is 4.81. The van der Waals surface area contributed by atoms with Crippen LogP contribution in [0.4, 0.5) is 0 Å². The second-order valence-electron chi connectivity index (χ2n) is 3.76. The lowest BCUT2D eigenvalue weighted by molar-refractivity contribution is -0.115. The lowest BCUT2D eigenvalue weighted by Crippen LogP contribution is -2.20. The fourth-order valence-corrected chi connectivity index (χ4v) is 1.80. The number of rotatable bonds is 2. The summed E-state index contributed by atoms with van der Waals surface area (Å²) in [4.78, 5) is 11.2. The molecule has 0 aromatic heterocycles. The van der Waals surface area contributed by atoms with E-state index in [2.05, 4.69) is 34.6 Å². The summed E-state index contributed by atoms with van der Waals surface area (Å²) < 4.78 is 0. The minimum atomic E-state index is -0.221. The van der Waals surface area contributed by atoms with Crippen LogP contribution in [0.1, 0.15) is 23.6 Å². The molecule has 82 valence electrons. The highest BCUT2D eigenvalue weighted by molar-refractivity contribution is 5.93. The Kier molecular flexibility index (Phi) is 3.23. The normalized spacial score (nSPS) is 12.6. The minimum absolute atomic E-state index is 0.221. The zero-order valence-corrected chi connectivity index (χ0v) is 9.26. The Bertz CT molecular complexity index is 469. The number of fused-ring (bicyclic) bond motifs is 1. The Morgan fingerprint density at radius 3 is 3.06 bits per heavy atom. The van der Waals surface area contributed by atoms with Crippen molar-refractivity contribution >= 4 is 5.91 Å². The van der Waals surface area contributed by atoms with E-state index in [1.54, 1.807) is 6.92 Å². The molecule has 3 nitrogen and oxygen atoms in total. The fourth-order valence-electron chi connectivity index (χ4n) is 1.80. The van der Waals surface area contributed by atoms with E-state index in [1.165, 1.54) is 11.1 Å². The molecule has 2 rings (SSSR count). The predicted molar refractivity (Wildman–Crippen MR) is 62.3 cm³/mol. The van der Waals surface area contributed by atoms with E-state index in [0.717, 1.165) is 18.7 Å². The molecule has 0 saturated heterocycles. The van der Waals surface area contributed by atoms with Gasteiger partial charge in [0.2, 0.25) is 0 Å². The van der Waals surface area contributed by atoms with Crippen molar-refractivity contribution in [3.05, 3.63) is 34.9 Å². The zero-order chi connectivity index (χ0) is 11.4. The molecule has 0 unspecified atom stereocenters. The fraction of sp³-hybridized carbons (Fsp3) is 0.308. The first kappa shape index (κ1) is 10.7. The molecule has 1 aliphatic heterocycles. The summed E-state index contributed by atoms with van der Waals surface area (Å²) in [6, 6.07) is 6.29. The molecule has 0 fully saturated rings. The van der Waals surface area contributed by atoms with Gasteiger partial charge in [-0.2, -0.15) is 0 Å². The van der Waals surface area contributed by atoms with Gasteiger partial charge in [-0.25, -0.2) is 0 Å². The lowest BCUT2D eigenvalue weighted by atomic mass is 10.1. The molecule has 0 radical (unpaired) electrons. The third-order valence-corrected chi connectivity index (χ3v) is 2.59. The maximum Gasteiger partial charge on any atom is 0.296 e. The van der Waals surface area contributed by atoms with Crippen LogP contribution in [-0.2, 0) is 24.4 Å². The summed E-state index contributed by atoms with van der Waals surface area (Å²) in [6.45, 7) is 4.07. The van der Waals surface area contributed by atoms with Crippen LogP contribution in [0.3, 0.4) is 0 Å². The Hall–Kier alpha value is -1.79. The number of carbonyl (C=O) groups is 1. The molecule has 3 heteroatoms. The van der Waals surface area contributed by atoms with Crippen LogP contribution in [0, 0.1) is 11.8 Å². The average molecular weight is 214 g/mol. The minimum Gasteiger partial charge on any atom is -0.341 e. The van der Waals surface area contributed by atoms with E-state index >= 15 is 0 Å². The average Bonchev–Trinajstić information content (AvgIpc) is 2.74. The smallest absolute Gasteiger partial charge is 0.296 e. The molecule has 0 bridgehead atoms. The van der Waals surface area contributed by atoms with Gasteiger partial charge in [-0.15, -0.1) is 0 Å². The second kappa shape index (κ2) is 4.82. The van der Waals surface area contributed by atoms with E-state index in [9.17, 15) is 4.79 Å². The third kappa shape index (κ3) is 2.41. The first-order chi connectivity index (χ1) is 7.79. The van der Waals surface area contributed by atoms with Gasteiger partial charge < -0.3 is 10.6 Å². The Labute approximate surface area is 95.2 Å². The number of amides is 1. The quantitative estimate of drug-likeness (QED) is 0.719. The van der Waals surface area contributed by atoms with Crippen molar-refractivity contribution in [2.24, 2.45) is 0 Å². The van der Waals surface area contributed by atoms with Crippen molar-refractivity contribution in [2.45, 2.75) is 26.6 Å². The number of nitrogens with one attached hydrogen (secondary N) is 2. The van der Waals surface area contributed by atoms with Crippen molar-refractivity contribution in [2.75, 3.05) is 0 Å². The van der Waals surface area contributed by atoms with Gasteiger partial charge in [-0.1, -0.05) is 24.1 Å². The van der Waals surface area contributed by atoms with Gasteiger partial charge in [-0.05, 0) is 29.5 Å². The molecule has 0 atom stereocenters. The molecule has 0 saturated carbocycles. The molecular formula is C13H14N2O. The van der Waals surface area contributed by atoms with Crippen molar-refractivity contribution in [3.63, 3.8) is 0 Å². The Morgan fingerprint density at radius 1 is 1.44 bits per heavy atom. The van der Waals surface area contributed by atoms with Crippen molar-refractivity contribution in [1.29, 1.82) is 0 Å². The largest absolute Gasteiger partial charge is 0.341 e. The van der Waals surface area contributed by atoms with E-state index in [-0.39, 0.29) is 5.91 Å². The lowest BCUT2D eigenvalue weighted by Gasteiger charge is -2.04. The molecule has 1 aliphatic rings. The van der Waals surface area contributed by atoms with Crippen LogP contribution >= 0.6 is 0 Å². The number of hydrogen-bond acceptors (Lipinski definition) is 2. The van der Waals surface area contributed by atoms with Crippen molar-refractivity contribution in [1.82, 2.24) is 10.6 Å². The van der Waals surface area contributed by atoms with Crippen molar-refractivity contribution in [3.8, 4) is 11.8 Å². The van der Waals surface area contributed by atoms with Gasteiger partial charge in [0.05, 0.1) is 0 Å². The van der Waals surface area contributed by atoms with Crippen LogP contribution in [0.5, 0.6) is 0 Å². The standard InChI is InChI=1S/C13H14N2O/c1-2-3-13(16)15-7-10-4-5-11-8-14-9-12(11)6-10/h4-6,14H,7-9H2,1H3,(H,15,16). The maximum absolute atomic E-state index is 11.2. The highest BCUT2D eigenvalue weighted by Gasteiger charge is 2.09. The van der Waals surface area contributed by atoms with Gasteiger partial charge in [0, 0.05) is 19.6 Å². The topological polar surface area (TPSA) is 41.1 Å². The first-order valence-electron chi connectivity index (χ1n) is 5.31. The van der Waals surface area contributed by atoms with Crippen molar-refractivity contribution < 1.29 is 4.79 Å². The van der Waals surface area contributed by atoms with E-state index in [1.807, 2.05) is 6.07 Å². The highest BCUT2D eigenvalue weighted by atomic mass is 16.1. The van der Waals surface area contributed by atoms with Gasteiger partial charge in [0.25, 0.3) is 5.91 Å². The van der Waals surface area contributed by atoms with Gasteiger partial charge in [0.1, 0.15) is 0 Å². The Morgan fingerprint density at radius 2 is 2.25 bits per heavy atom. The van der Waals surface area contributed by atoms with E-state index in [4.69, 9.17) is 0 Å². The Balaban J connectivity index is 1.99. The number of carbonyl (C=O) groups excluding carboxylic acids is 1. The molecule has 2 N–H and O–H groups in total.